The van der Waals surface area contributed by atoms with E-state index in [0.717, 1.165) is 23.1 Å². The fourth-order valence-corrected chi connectivity index (χ4v) is 5.68. The lowest BCUT2D eigenvalue weighted by Gasteiger charge is -2.39. The zero-order chi connectivity index (χ0) is 21.4. The van der Waals surface area contributed by atoms with E-state index in [2.05, 4.69) is 23.6 Å². The molecule has 2 aliphatic heterocycles. The smallest absolute Gasteiger partial charge is 0.225 e. The Hall–Kier alpha value is -3.18. The summed E-state index contributed by atoms with van der Waals surface area (Å²) in [6, 6.07) is 20.0. The van der Waals surface area contributed by atoms with E-state index >= 15 is 0 Å². The zero-order valence-corrected chi connectivity index (χ0v) is 18.2. The second-order valence-electron chi connectivity index (χ2n) is 8.04. The van der Waals surface area contributed by atoms with Crippen LogP contribution in [0.15, 0.2) is 72.2 Å². The van der Waals surface area contributed by atoms with Crippen LogP contribution >= 0.6 is 11.3 Å². The van der Waals surface area contributed by atoms with E-state index in [1.165, 1.54) is 10.4 Å². The van der Waals surface area contributed by atoms with Crippen LogP contribution in [0.2, 0.25) is 0 Å². The third kappa shape index (κ3) is 3.59. The molecule has 5 rings (SSSR count). The van der Waals surface area contributed by atoms with E-state index in [1.807, 2.05) is 59.6 Å². The fourth-order valence-electron chi connectivity index (χ4n) is 4.78. The average Bonchev–Trinajstić information content (AvgIpc) is 3.28. The monoisotopic (exact) mass is 428 g/mol. The summed E-state index contributed by atoms with van der Waals surface area (Å²) < 4.78 is 0. The maximum atomic E-state index is 13.7. The highest BCUT2D eigenvalue weighted by molar-refractivity contribution is 7.10. The minimum Gasteiger partial charge on any atom is -0.331 e. The molecule has 2 amide bonds. The normalized spacial score (nSPS) is 19.6. The average molecular weight is 429 g/mol. The van der Waals surface area contributed by atoms with E-state index < -0.39 is 0 Å². The lowest BCUT2D eigenvalue weighted by Crippen LogP contribution is -2.42. The number of carbonyl (C=O) groups is 2. The molecule has 5 heteroatoms. The molecule has 0 fully saturated rings. The largest absolute Gasteiger partial charge is 0.331 e. The first kappa shape index (κ1) is 19.8. The Kier molecular flexibility index (Phi) is 5.20. The van der Waals surface area contributed by atoms with Gasteiger partial charge >= 0.3 is 0 Å². The van der Waals surface area contributed by atoms with Crippen molar-refractivity contribution in [3.05, 3.63) is 99.4 Å². The molecule has 31 heavy (non-hydrogen) atoms. The summed E-state index contributed by atoms with van der Waals surface area (Å²) >= 11 is 1.77. The zero-order valence-electron chi connectivity index (χ0n) is 17.4. The molecule has 156 valence electrons. The van der Waals surface area contributed by atoms with Crippen LogP contribution in [0.1, 0.15) is 52.6 Å². The van der Waals surface area contributed by atoms with Crippen LogP contribution in [0.25, 0.3) is 6.08 Å². The second-order valence-corrected chi connectivity index (χ2v) is 9.04. The van der Waals surface area contributed by atoms with Gasteiger partial charge in [0, 0.05) is 24.5 Å². The highest BCUT2D eigenvalue weighted by Crippen LogP contribution is 2.40. The van der Waals surface area contributed by atoms with Crippen molar-refractivity contribution in [2.45, 2.75) is 31.8 Å². The van der Waals surface area contributed by atoms with Crippen LogP contribution in [0.3, 0.4) is 0 Å². The molecule has 0 saturated heterocycles. The predicted molar refractivity (Wildman–Crippen MR) is 123 cm³/mol. The minimum atomic E-state index is -0.286. The molecule has 0 saturated carbocycles. The van der Waals surface area contributed by atoms with Crippen LogP contribution in [0, 0.1) is 0 Å². The number of amides is 2. The maximum Gasteiger partial charge on any atom is 0.225 e. The number of benzene rings is 2. The van der Waals surface area contributed by atoms with Gasteiger partial charge in [0.2, 0.25) is 11.8 Å². The fraction of sp³-hybridized carbons (Fsp3) is 0.231. The third-order valence-corrected chi connectivity index (χ3v) is 7.24. The summed E-state index contributed by atoms with van der Waals surface area (Å²) in [6.07, 6.45) is 4.90. The topological polar surface area (TPSA) is 40.6 Å². The van der Waals surface area contributed by atoms with Gasteiger partial charge in [-0.2, -0.15) is 0 Å². The van der Waals surface area contributed by atoms with Gasteiger partial charge in [-0.05, 0) is 46.2 Å². The lowest BCUT2D eigenvalue weighted by molar-refractivity contribution is -0.136. The summed E-state index contributed by atoms with van der Waals surface area (Å²) in [7, 11) is 0. The molecule has 3 aromatic rings. The SMILES string of the molecule is CC(=O)N1C=Cc2ccccc2[C@H]1CC(=O)N1CCc2sccc2[C@@H]1c1ccccc1. The number of fused-ring (bicyclic) bond motifs is 2. The van der Waals surface area contributed by atoms with Crippen LogP contribution in [0.5, 0.6) is 0 Å². The van der Waals surface area contributed by atoms with Crippen molar-refractivity contribution in [3.8, 4) is 0 Å². The van der Waals surface area contributed by atoms with E-state index in [0.29, 0.717) is 6.54 Å². The molecule has 0 N–H and O–H groups in total. The van der Waals surface area contributed by atoms with E-state index in [4.69, 9.17) is 0 Å². The van der Waals surface area contributed by atoms with Crippen molar-refractivity contribution < 1.29 is 9.59 Å². The van der Waals surface area contributed by atoms with Gasteiger partial charge in [0.15, 0.2) is 0 Å². The Labute approximate surface area is 186 Å². The van der Waals surface area contributed by atoms with Gasteiger partial charge in [0.1, 0.15) is 0 Å². The Morgan fingerprint density at radius 1 is 1.00 bits per heavy atom. The first-order valence-corrected chi connectivity index (χ1v) is 11.5. The molecule has 3 heterocycles. The highest BCUT2D eigenvalue weighted by Gasteiger charge is 2.36. The number of hydrogen-bond donors (Lipinski definition) is 0. The van der Waals surface area contributed by atoms with Crippen LogP contribution < -0.4 is 0 Å². The van der Waals surface area contributed by atoms with Crippen LogP contribution in [-0.2, 0) is 16.0 Å². The van der Waals surface area contributed by atoms with Gasteiger partial charge in [-0.3, -0.25) is 9.59 Å². The highest BCUT2D eigenvalue weighted by atomic mass is 32.1. The number of thiophene rings is 1. The first-order chi connectivity index (χ1) is 15.1. The summed E-state index contributed by atoms with van der Waals surface area (Å²) in [6.45, 7) is 2.25. The number of rotatable bonds is 3. The van der Waals surface area contributed by atoms with Gasteiger partial charge < -0.3 is 9.80 Å². The third-order valence-electron chi connectivity index (χ3n) is 6.24. The maximum absolute atomic E-state index is 13.7. The quantitative estimate of drug-likeness (QED) is 0.576. The Morgan fingerprint density at radius 2 is 1.77 bits per heavy atom. The molecule has 0 spiro atoms. The van der Waals surface area contributed by atoms with Crippen molar-refractivity contribution in [2.75, 3.05) is 6.54 Å². The van der Waals surface area contributed by atoms with E-state index in [9.17, 15) is 9.59 Å². The summed E-state index contributed by atoms with van der Waals surface area (Å²) in [5.74, 6) is 0.0222. The molecule has 4 nitrogen and oxygen atoms in total. The molecule has 0 radical (unpaired) electrons. The number of carbonyl (C=O) groups excluding carboxylic acids is 2. The molecular formula is C26H24N2O2S. The Balaban J connectivity index is 1.49. The standard InChI is InChI=1S/C26H24N2O2S/c1-18(29)27-14-11-19-7-5-6-10-21(19)23(27)17-25(30)28-15-12-24-22(13-16-31-24)26(28)20-8-3-2-4-9-20/h2-11,13-14,16,23,26H,12,15,17H2,1H3/t23-,26+/m1/s1. The second kappa shape index (κ2) is 8.16. The van der Waals surface area contributed by atoms with Gasteiger partial charge in [0.25, 0.3) is 0 Å². The van der Waals surface area contributed by atoms with Gasteiger partial charge in [-0.1, -0.05) is 54.6 Å². The summed E-state index contributed by atoms with van der Waals surface area (Å²) in [4.78, 5) is 31.1. The minimum absolute atomic E-state index is 0.0538. The molecule has 2 aliphatic rings. The Morgan fingerprint density at radius 3 is 2.58 bits per heavy atom. The number of hydrogen-bond acceptors (Lipinski definition) is 3. The van der Waals surface area contributed by atoms with Crippen molar-refractivity contribution in [1.29, 1.82) is 0 Å². The van der Waals surface area contributed by atoms with Crippen molar-refractivity contribution in [2.24, 2.45) is 0 Å². The molecule has 0 bridgehead atoms. The first-order valence-electron chi connectivity index (χ1n) is 10.6. The number of nitrogens with zero attached hydrogens (tertiary/aromatic N) is 2. The lowest BCUT2D eigenvalue weighted by atomic mass is 9.90. The van der Waals surface area contributed by atoms with E-state index in [1.54, 1.807) is 23.2 Å². The van der Waals surface area contributed by atoms with Crippen molar-refractivity contribution in [3.63, 3.8) is 0 Å². The molecular weight excluding hydrogens is 404 g/mol. The van der Waals surface area contributed by atoms with Crippen molar-refractivity contribution >= 4 is 29.2 Å². The molecule has 2 atom stereocenters. The van der Waals surface area contributed by atoms with Crippen LogP contribution in [-0.4, -0.2) is 28.2 Å². The predicted octanol–water partition coefficient (Wildman–Crippen LogP) is 5.19. The molecule has 1 aromatic heterocycles. The molecule has 0 unspecified atom stereocenters. The van der Waals surface area contributed by atoms with Gasteiger partial charge in [-0.25, -0.2) is 0 Å². The molecule has 2 aromatic carbocycles. The summed E-state index contributed by atoms with van der Waals surface area (Å²) in [5.41, 5.74) is 4.44. The van der Waals surface area contributed by atoms with Gasteiger partial charge in [-0.15, -0.1) is 11.3 Å². The van der Waals surface area contributed by atoms with E-state index in [-0.39, 0.29) is 30.3 Å². The Bertz CT molecular complexity index is 1150. The van der Waals surface area contributed by atoms with Crippen molar-refractivity contribution in [1.82, 2.24) is 9.80 Å². The van der Waals surface area contributed by atoms with Crippen LogP contribution in [0.4, 0.5) is 0 Å². The molecule has 0 aliphatic carbocycles. The summed E-state index contributed by atoms with van der Waals surface area (Å²) in [5, 5.41) is 2.12. The van der Waals surface area contributed by atoms with Gasteiger partial charge in [0.05, 0.1) is 18.5 Å².